The van der Waals surface area contributed by atoms with Gasteiger partial charge in [-0.1, -0.05) is 0 Å². The number of nitrogens with zero attached hydrogens (tertiary/aromatic N) is 4. The fourth-order valence-corrected chi connectivity index (χ4v) is 2.56. The van der Waals surface area contributed by atoms with Gasteiger partial charge in [-0.25, -0.2) is 19.3 Å². The SMILES string of the molecule is Cc1nc(N2CCCC2CO)cc2n[nH]c(=O)n12. The van der Waals surface area contributed by atoms with Gasteiger partial charge in [-0.05, 0) is 19.8 Å². The van der Waals surface area contributed by atoms with Gasteiger partial charge in [0.1, 0.15) is 11.6 Å². The summed E-state index contributed by atoms with van der Waals surface area (Å²) >= 11 is 0. The van der Waals surface area contributed by atoms with Crippen molar-refractivity contribution in [2.45, 2.75) is 25.8 Å². The lowest BCUT2D eigenvalue weighted by molar-refractivity contribution is 0.266. The minimum Gasteiger partial charge on any atom is -0.394 e. The Kier molecular flexibility index (Phi) is 2.55. The molecule has 0 aromatic carbocycles. The van der Waals surface area contributed by atoms with Gasteiger partial charge in [-0.2, -0.15) is 5.10 Å². The Morgan fingerprint density at radius 1 is 1.61 bits per heavy atom. The third-order valence-corrected chi connectivity index (χ3v) is 3.44. The molecule has 1 aliphatic heterocycles. The minimum atomic E-state index is -0.276. The monoisotopic (exact) mass is 249 g/mol. The number of rotatable bonds is 2. The maximum absolute atomic E-state index is 11.5. The van der Waals surface area contributed by atoms with E-state index in [0.29, 0.717) is 11.5 Å². The van der Waals surface area contributed by atoms with Crippen LogP contribution < -0.4 is 10.6 Å². The molecule has 0 radical (unpaired) electrons. The van der Waals surface area contributed by atoms with Crippen molar-refractivity contribution >= 4 is 11.5 Å². The van der Waals surface area contributed by atoms with Gasteiger partial charge in [0.25, 0.3) is 0 Å². The van der Waals surface area contributed by atoms with E-state index in [1.54, 1.807) is 13.0 Å². The summed E-state index contributed by atoms with van der Waals surface area (Å²) in [6.45, 7) is 2.78. The summed E-state index contributed by atoms with van der Waals surface area (Å²) in [5.74, 6) is 1.38. The van der Waals surface area contributed by atoms with Crippen LogP contribution in [0.2, 0.25) is 0 Å². The zero-order valence-electron chi connectivity index (χ0n) is 10.1. The van der Waals surface area contributed by atoms with Crippen LogP contribution in [0.15, 0.2) is 10.9 Å². The Morgan fingerprint density at radius 2 is 2.44 bits per heavy atom. The number of fused-ring (bicyclic) bond motifs is 1. The number of hydrogen-bond donors (Lipinski definition) is 2. The topological polar surface area (TPSA) is 86.5 Å². The largest absolute Gasteiger partial charge is 0.394 e. The third kappa shape index (κ3) is 1.59. The number of aromatic amines is 1. The van der Waals surface area contributed by atoms with E-state index in [1.807, 2.05) is 0 Å². The zero-order chi connectivity index (χ0) is 12.7. The number of aromatic nitrogens is 4. The van der Waals surface area contributed by atoms with E-state index >= 15 is 0 Å². The lowest BCUT2D eigenvalue weighted by Crippen LogP contribution is -2.33. The molecule has 1 fully saturated rings. The lowest BCUT2D eigenvalue weighted by Gasteiger charge is -2.24. The molecule has 2 aromatic rings. The van der Waals surface area contributed by atoms with Crippen LogP contribution in [0.1, 0.15) is 18.7 Å². The van der Waals surface area contributed by atoms with E-state index in [1.165, 1.54) is 4.40 Å². The quantitative estimate of drug-likeness (QED) is 0.762. The van der Waals surface area contributed by atoms with Gasteiger partial charge in [-0.15, -0.1) is 0 Å². The van der Waals surface area contributed by atoms with E-state index < -0.39 is 0 Å². The second-order valence-corrected chi connectivity index (χ2v) is 4.56. The normalized spacial score (nSPS) is 19.9. The van der Waals surface area contributed by atoms with Crippen LogP contribution in [0.4, 0.5) is 5.82 Å². The molecule has 1 unspecified atom stereocenters. The first-order valence-electron chi connectivity index (χ1n) is 6.03. The second-order valence-electron chi connectivity index (χ2n) is 4.56. The van der Waals surface area contributed by atoms with E-state index in [4.69, 9.17) is 0 Å². The highest BCUT2D eigenvalue weighted by Crippen LogP contribution is 2.24. The van der Waals surface area contributed by atoms with Crippen LogP contribution in [0.3, 0.4) is 0 Å². The molecular formula is C11H15N5O2. The Hall–Kier alpha value is -1.89. The van der Waals surface area contributed by atoms with Gasteiger partial charge in [0.2, 0.25) is 0 Å². The third-order valence-electron chi connectivity index (χ3n) is 3.44. The molecule has 1 atom stereocenters. The predicted molar refractivity (Wildman–Crippen MR) is 65.8 cm³/mol. The van der Waals surface area contributed by atoms with E-state index in [-0.39, 0.29) is 18.3 Å². The molecule has 0 bridgehead atoms. The van der Waals surface area contributed by atoms with E-state index in [9.17, 15) is 9.90 Å². The van der Waals surface area contributed by atoms with Crippen LogP contribution in [-0.4, -0.2) is 43.9 Å². The smallest absolute Gasteiger partial charge is 0.349 e. The Morgan fingerprint density at radius 3 is 3.22 bits per heavy atom. The molecule has 1 saturated heterocycles. The first kappa shape index (κ1) is 11.2. The van der Waals surface area contributed by atoms with Crippen LogP contribution in [0, 0.1) is 6.92 Å². The van der Waals surface area contributed by atoms with E-state index in [2.05, 4.69) is 20.1 Å². The summed E-state index contributed by atoms with van der Waals surface area (Å²) in [7, 11) is 0. The molecule has 96 valence electrons. The number of aliphatic hydroxyl groups is 1. The molecule has 0 amide bonds. The first-order chi connectivity index (χ1) is 8.70. The lowest BCUT2D eigenvalue weighted by atomic mass is 10.2. The van der Waals surface area contributed by atoms with Gasteiger partial charge < -0.3 is 10.0 Å². The Labute approximate surface area is 103 Å². The molecule has 3 rings (SSSR count). The summed E-state index contributed by atoms with van der Waals surface area (Å²) in [5, 5.41) is 15.7. The van der Waals surface area contributed by atoms with Crippen LogP contribution in [-0.2, 0) is 0 Å². The van der Waals surface area contributed by atoms with Crippen molar-refractivity contribution in [3.63, 3.8) is 0 Å². The second kappa shape index (κ2) is 4.09. The number of H-pyrrole nitrogens is 1. The summed E-state index contributed by atoms with van der Waals surface area (Å²) in [5.41, 5.74) is 0.285. The van der Waals surface area contributed by atoms with E-state index in [0.717, 1.165) is 25.2 Å². The van der Waals surface area contributed by atoms with Crippen molar-refractivity contribution in [2.75, 3.05) is 18.1 Å². The van der Waals surface area contributed by atoms with Crippen molar-refractivity contribution < 1.29 is 5.11 Å². The maximum Gasteiger partial charge on any atom is 0.349 e. The van der Waals surface area contributed by atoms with Crippen molar-refractivity contribution in [3.8, 4) is 0 Å². The standard InChI is InChI=1S/C11H15N5O2/c1-7-12-9(15-4-2-3-8(15)6-17)5-10-13-14-11(18)16(7)10/h5,8,17H,2-4,6H2,1H3,(H,14,18). The van der Waals surface area contributed by atoms with Gasteiger partial charge in [-0.3, -0.25) is 0 Å². The predicted octanol–water partition coefficient (Wildman–Crippen LogP) is -0.313. The molecule has 2 aromatic heterocycles. The molecule has 2 N–H and O–H groups in total. The molecular weight excluding hydrogens is 234 g/mol. The Balaban J connectivity index is 2.10. The van der Waals surface area contributed by atoms with Crippen LogP contribution in [0.25, 0.3) is 5.65 Å². The molecule has 1 aliphatic rings. The summed E-state index contributed by atoms with van der Waals surface area (Å²) in [6, 6.07) is 1.89. The highest BCUT2D eigenvalue weighted by atomic mass is 16.3. The zero-order valence-corrected chi connectivity index (χ0v) is 10.1. The maximum atomic E-state index is 11.5. The highest BCUT2D eigenvalue weighted by molar-refractivity contribution is 5.52. The summed E-state index contributed by atoms with van der Waals surface area (Å²) in [4.78, 5) is 18.0. The van der Waals surface area contributed by atoms with Crippen molar-refractivity contribution in [2.24, 2.45) is 0 Å². The van der Waals surface area contributed by atoms with Crippen LogP contribution >= 0.6 is 0 Å². The fourth-order valence-electron chi connectivity index (χ4n) is 2.56. The van der Waals surface area contributed by atoms with Crippen molar-refractivity contribution in [1.82, 2.24) is 19.6 Å². The molecule has 18 heavy (non-hydrogen) atoms. The number of anilines is 1. The van der Waals surface area contributed by atoms with Gasteiger partial charge in [0.15, 0.2) is 5.65 Å². The number of hydrogen-bond acceptors (Lipinski definition) is 5. The number of nitrogens with one attached hydrogen (secondary N) is 1. The molecule has 3 heterocycles. The molecule has 7 heteroatoms. The van der Waals surface area contributed by atoms with Gasteiger partial charge in [0, 0.05) is 12.6 Å². The summed E-state index contributed by atoms with van der Waals surface area (Å²) < 4.78 is 1.44. The molecule has 0 spiro atoms. The van der Waals surface area contributed by atoms with Crippen LogP contribution in [0.5, 0.6) is 0 Å². The average molecular weight is 249 g/mol. The van der Waals surface area contributed by atoms with Gasteiger partial charge >= 0.3 is 5.69 Å². The first-order valence-corrected chi connectivity index (χ1v) is 6.03. The molecule has 0 saturated carbocycles. The fraction of sp³-hybridized carbons (Fsp3) is 0.545. The minimum absolute atomic E-state index is 0.116. The highest BCUT2D eigenvalue weighted by Gasteiger charge is 2.25. The van der Waals surface area contributed by atoms with Crippen molar-refractivity contribution in [3.05, 3.63) is 22.4 Å². The number of aryl methyl sites for hydroxylation is 1. The Bertz CT molecular complexity index is 632. The van der Waals surface area contributed by atoms with Gasteiger partial charge in [0.05, 0.1) is 12.6 Å². The molecule has 0 aliphatic carbocycles. The van der Waals surface area contributed by atoms with Crippen molar-refractivity contribution in [1.29, 1.82) is 0 Å². The average Bonchev–Trinajstić information content (AvgIpc) is 2.95. The number of aliphatic hydroxyl groups excluding tert-OH is 1. The molecule has 7 nitrogen and oxygen atoms in total. The summed E-state index contributed by atoms with van der Waals surface area (Å²) in [6.07, 6.45) is 2.01.